The lowest BCUT2D eigenvalue weighted by Crippen LogP contribution is -2.60. The van der Waals surface area contributed by atoms with Gasteiger partial charge in [-0.1, -0.05) is 322 Å². The Labute approximate surface area is 457 Å². The zero-order valence-electron chi connectivity index (χ0n) is 49.0. The van der Waals surface area contributed by atoms with E-state index in [2.05, 4.69) is 19.2 Å². The van der Waals surface area contributed by atoms with Crippen molar-refractivity contribution in [3.63, 3.8) is 0 Å². The van der Waals surface area contributed by atoms with Crippen LogP contribution in [0.2, 0.25) is 0 Å². The minimum Gasteiger partial charge on any atom is -0.394 e. The number of hydrogen-bond acceptors (Lipinski definition) is 9. The fourth-order valence-corrected chi connectivity index (χ4v) is 11.1. The summed E-state index contributed by atoms with van der Waals surface area (Å²) >= 11 is 0. The molecule has 8 atom stereocenters. The van der Waals surface area contributed by atoms with Crippen LogP contribution in [0.5, 0.6) is 0 Å². The molecule has 74 heavy (non-hydrogen) atoms. The van der Waals surface area contributed by atoms with E-state index >= 15 is 0 Å². The molecular weight excluding hydrogens is 927 g/mol. The van der Waals surface area contributed by atoms with Gasteiger partial charge in [-0.05, 0) is 12.8 Å². The Hall–Kier alpha value is -0.850. The summed E-state index contributed by atoms with van der Waals surface area (Å²) in [5, 5.41) is 65.6. The first-order valence-electron chi connectivity index (χ1n) is 32.8. The molecule has 10 heteroatoms. The Balaban J connectivity index is 2.06. The molecule has 10 nitrogen and oxygen atoms in total. The summed E-state index contributed by atoms with van der Waals surface area (Å²) in [6, 6.07) is -0.986. The average molecular weight is 1050 g/mol. The first kappa shape index (κ1) is 71.2. The molecule has 0 aromatic carbocycles. The lowest BCUT2D eigenvalue weighted by Gasteiger charge is -2.40. The number of aliphatic hydroxyl groups is 6. The van der Waals surface area contributed by atoms with E-state index in [1.54, 1.807) is 0 Å². The van der Waals surface area contributed by atoms with Gasteiger partial charge in [0.1, 0.15) is 30.5 Å². The molecule has 1 fully saturated rings. The summed E-state index contributed by atoms with van der Waals surface area (Å²) in [7, 11) is 0. The van der Waals surface area contributed by atoms with Crippen molar-refractivity contribution in [2.24, 2.45) is 0 Å². The topological polar surface area (TPSA) is 169 Å². The molecule has 0 aromatic rings. The maximum absolute atomic E-state index is 13.1. The van der Waals surface area contributed by atoms with Crippen molar-refractivity contribution >= 4 is 5.91 Å². The summed E-state index contributed by atoms with van der Waals surface area (Å²) < 4.78 is 11.2. The minimum atomic E-state index is -1.60. The summed E-state index contributed by atoms with van der Waals surface area (Å²) in [6.07, 6.45) is 56.0. The zero-order valence-corrected chi connectivity index (χ0v) is 49.0. The molecule has 7 N–H and O–H groups in total. The van der Waals surface area contributed by atoms with Crippen molar-refractivity contribution in [1.82, 2.24) is 5.32 Å². The van der Waals surface area contributed by atoms with Gasteiger partial charge >= 0.3 is 0 Å². The van der Waals surface area contributed by atoms with Gasteiger partial charge in [-0.25, -0.2) is 0 Å². The summed E-state index contributed by atoms with van der Waals surface area (Å²) in [5.41, 5.74) is 0. The predicted molar refractivity (Wildman–Crippen MR) is 310 cm³/mol. The number of aliphatic hydroxyl groups excluding tert-OH is 6. The van der Waals surface area contributed by atoms with Gasteiger partial charge in [-0.2, -0.15) is 0 Å². The van der Waals surface area contributed by atoms with Crippen LogP contribution in [0.3, 0.4) is 0 Å². The van der Waals surface area contributed by atoms with Crippen LogP contribution in [-0.2, 0) is 14.3 Å². The molecular formula is C64H127NO9. The highest BCUT2D eigenvalue weighted by molar-refractivity contribution is 5.76. The monoisotopic (exact) mass is 1050 g/mol. The second kappa shape index (κ2) is 54.1. The first-order chi connectivity index (χ1) is 36.3. The van der Waals surface area contributed by atoms with Crippen molar-refractivity contribution in [2.45, 2.75) is 390 Å². The van der Waals surface area contributed by atoms with E-state index < -0.39 is 55.6 Å². The third kappa shape index (κ3) is 42.1. The Morgan fingerprint density at radius 2 is 0.703 bits per heavy atom. The molecule has 0 aromatic heterocycles. The molecule has 1 aliphatic heterocycles. The third-order valence-electron chi connectivity index (χ3n) is 16.3. The van der Waals surface area contributed by atoms with Gasteiger partial charge in [0.25, 0.3) is 0 Å². The smallest absolute Gasteiger partial charge is 0.220 e. The number of carbonyl (C=O) groups excluding carboxylic acids is 1. The van der Waals surface area contributed by atoms with Gasteiger partial charge in [0.15, 0.2) is 6.29 Å². The number of amides is 1. The van der Waals surface area contributed by atoms with Crippen molar-refractivity contribution in [3.05, 3.63) is 0 Å². The zero-order chi connectivity index (χ0) is 53.8. The number of rotatable bonds is 58. The number of nitrogens with one attached hydrogen (secondary N) is 1. The van der Waals surface area contributed by atoms with Gasteiger partial charge in [-0.15, -0.1) is 0 Å². The molecule has 0 spiro atoms. The molecule has 0 bridgehead atoms. The Morgan fingerprint density at radius 3 is 1.00 bits per heavy atom. The molecule has 2 unspecified atom stereocenters. The normalized spacial score (nSPS) is 19.3. The van der Waals surface area contributed by atoms with Crippen LogP contribution in [0.25, 0.3) is 0 Å². The Morgan fingerprint density at radius 1 is 0.419 bits per heavy atom. The summed E-state index contributed by atoms with van der Waals surface area (Å²) in [5.74, 6) is -0.249. The van der Waals surface area contributed by atoms with E-state index in [0.717, 1.165) is 38.5 Å². The van der Waals surface area contributed by atoms with Gasteiger partial charge in [-0.3, -0.25) is 4.79 Å². The lowest BCUT2D eigenvalue weighted by molar-refractivity contribution is -0.303. The summed E-state index contributed by atoms with van der Waals surface area (Å²) in [6.45, 7) is 3.66. The maximum atomic E-state index is 13.1. The average Bonchev–Trinajstić information content (AvgIpc) is 3.40. The molecule has 1 aliphatic rings. The first-order valence-corrected chi connectivity index (χ1v) is 32.8. The minimum absolute atomic E-state index is 0.249. The quantitative estimate of drug-likeness (QED) is 0.0293. The van der Waals surface area contributed by atoms with Crippen LogP contribution in [-0.4, -0.2) is 98.7 Å². The second-order valence-electron chi connectivity index (χ2n) is 23.4. The molecule has 1 rings (SSSR count). The lowest BCUT2D eigenvalue weighted by atomic mass is 9.98. The van der Waals surface area contributed by atoms with Gasteiger partial charge < -0.3 is 45.4 Å². The highest BCUT2D eigenvalue weighted by Gasteiger charge is 2.44. The molecule has 0 aliphatic carbocycles. The maximum Gasteiger partial charge on any atom is 0.220 e. The van der Waals surface area contributed by atoms with Crippen molar-refractivity contribution in [2.75, 3.05) is 13.2 Å². The predicted octanol–water partition coefficient (Wildman–Crippen LogP) is 15.9. The number of hydrogen-bond donors (Lipinski definition) is 7. The van der Waals surface area contributed by atoms with Crippen molar-refractivity contribution in [3.8, 4) is 0 Å². The fourth-order valence-electron chi connectivity index (χ4n) is 11.1. The largest absolute Gasteiger partial charge is 0.394 e. The van der Waals surface area contributed by atoms with E-state index in [-0.39, 0.29) is 18.9 Å². The molecule has 1 saturated heterocycles. The Kier molecular flexibility index (Phi) is 52.0. The van der Waals surface area contributed by atoms with E-state index in [1.807, 2.05) is 0 Å². The molecule has 1 amide bonds. The number of carbonyl (C=O) groups is 1. The van der Waals surface area contributed by atoms with Gasteiger partial charge in [0.2, 0.25) is 5.91 Å². The van der Waals surface area contributed by atoms with Gasteiger partial charge in [0.05, 0.1) is 25.4 Å². The highest BCUT2D eigenvalue weighted by Crippen LogP contribution is 2.24. The van der Waals surface area contributed by atoms with Gasteiger partial charge in [0, 0.05) is 6.42 Å². The SMILES string of the molecule is CCCCCCCCCCCCCCCCCCCCCCCCCCCCCCCCCCCCCCC(=O)N[C@@H](CO[C@@H]1O[C@H](CO)[C@@H](O)C(O)C1O)[C@H](O)[C@H](O)CCCCCCCCCCCCCCC. The molecule has 442 valence electrons. The summed E-state index contributed by atoms with van der Waals surface area (Å²) in [4.78, 5) is 13.1. The highest BCUT2D eigenvalue weighted by atomic mass is 16.7. The molecule has 0 radical (unpaired) electrons. The van der Waals surface area contributed by atoms with E-state index in [9.17, 15) is 35.4 Å². The van der Waals surface area contributed by atoms with Crippen LogP contribution >= 0.6 is 0 Å². The van der Waals surface area contributed by atoms with Crippen molar-refractivity contribution < 1.29 is 44.9 Å². The van der Waals surface area contributed by atoms with Crippen LogP contribution in [0.15, 0.2) is 0 Å². The van der Waals surface area contributed by atoms with E-state index in [0.29, 0.717) is 6.42 Å². The fraction of sp³-hybridized carbons (Fsp3) is 0.984. The second-order valence-corrected chi connectivity index (χ2v) is 23.4. The van der Waals surface area contributed by atoms with Crippen LogP contribution in [0, 0.1) is 0 Å². The van der Waals surface area contributed by atoms with Crippen molar-refractivity contribution in [1.29, 1.82) is 0 Å². The Bertz CT molecular complexity index is 1150. The van der Waals surface area contributed by atoms with Crippen LogP contribution in [0.1, 0.15) is 341 Å². The molecule has 0 saturated carbocycles. The molecule has 1 heterocycles. The number of ether oxygens (including phenoxy) is 2. The standard InChI is InChI=1S/C64H127NO9/c1-3-5-7-9-11-13-15-17-18-19-20-21-22-23-24-25-26-27-28-29-30-31-32-33-34-35-36-37-38-39-41-43-45-47-49-51-53-59(68)65-56(55-73-64-63(72)62(71)61(70)58(54-66)74-64)60(69)57(67)52-50-48-46-44-42-40-16-14-12-10-8-6-4-2/h56-58,60-64,66-67,69-72H,3-55H2,1-2H3,(H,65,68)/t56-,57+,58+,60-,61+,62?,63?,64+/m0/s1. The van der Waals surface area contributed by atoms with Crippen LogP contribution < -0.4 is 5.32 Å². The number of unbranched alkanes of at least 4 members (excludes halogenated alkanes) is 47. The van der Waals surface area contributed by atoms with E-state index in [1.165, 1.54) is 276 Å². The van der Waals surface area contributed by atoms with Crippen LogP contribution in [0.4, 0.5) is 0 Å². The van der Waals surface area contributed by atoms with E-state index in [4.69, 9.17) is 9.47 Å². The third-order valence-corrected chi connectivity index (χ3v) is 16.3.